The summed E-state index contributed by atoms with van der Waals surface area (Å²) in [4.78, 5) is 28.0. The molecule has 0 saturated carbocycles. The first-order valence-corrected chi connectivity index (χ1v) is 12.6. The molecule has 0 unspecified atom stereocenters. The van der Waals surface area contributed by atoms with E-state index in [4.69, 9.17) is 14.2 Å². The van der Waals surface area contributed by atoms with Gasteiger partial charge in [-0.3, -0.25) is 4.79 Å². The van der Waals surface area contributed by atoms with Crippen LogP contribution in [0.2, 0.25) is 0 Å². The first-order valence-electron chi connectivity index (χ1n) is 10.5. The molecule has 7 nitrogen and oxygen atoms in total. The predicted octanol–water partition coefficient (Wildman–Crippen LogP) is 5.79. The zero-order chi connectivity index (χ0) is 24.9. The minimum Gasteiger partial charge on any atom is -0.493 e. The van der Waals surface area contributed by atoms with Crippen molar-refractivity contribution in [2.75, 3.05) is 12.4 Å². The summed E-state index contributed by atoms with van der Waals surface area (Å²) in [5.74, 6) is 0.683. The largest absolute Gasteiger partial charge is 0.493 e. The van der Waals surface area contributed by atoms with Crippen LogP contribution in [0.15, 0.2) is 71.4 Å². The second-order valence-corrected chi connectivity index (χ2v) is 9.96. The summed E-state index contributed by atoms with van der Waals surface area (Å²) in [6.07, 6.45) is 1.65. The Morgan fingerprint density at radius 2 is 1.89 bits per heavy atom. The van der Waals surface area contributed by atoms with Crippen LogP contribution in [-0.2, 0) is 20.9 Å². The predicted molar refractivity (Wildman–Crippen MR) is 151 cm³/mol. The number of hydrogen-bond donors (Lipinski definition) is 1. The number of nitrogens with one attached hydrogen (secondary N) is 1. The fraction of sp³-hybridized carbons (Fsp3) is 0.115. The van der Waals surface area contributed by atoms with Crippen molar-refractivity contribution in [2.45, 2.75) is 13.5 Å². The number of benzene rings is 3. The number of aliphatic imine (C=N–C) groups is 1. The molecule has 3 aromatic carbocycles. The average molecular weight is 694 g/mol. The van der Waals surface area contributed by atoms with Gasteiger partial charge < -0.3 is 19.5 Å². The van der Waals surface area contributed by atoms with Crippen molar-refractivity contribution in [1.82, 2.24) is 0 Å². The highest BCUT2D eigenvalue weighted by molar-refractivity contribution is 14.1. The maximum absolute atomic E-state index is 12.4. The number of methoxy groups -OCH3 is 1. The Balaban J connectivity index is 1.55. The maximum atomic E-state index is 12.4. The van der Waals surface area contributed by atoms with Crippen LogP contribution in [0, 0.1) is 7.14 Å². The molecule has 178 valence electrons. The molecular formula is C26H20I2N2O5. The molecular weight excluding hydrogens is 674 g/mol. The van der Waals surface area contributed by atoms with E-state index in [-0.39, 0.29) is 17.5 Å². The van der Waals surface area contributed by atoms with Gasteiger partial charge in [0.2, 0.25) is 11.8 Å². The SMILES string of the molecule is COc1cc(/C=C2\N=C(c3ccc(NC(C)=O)cc3)OC2=O)cc(I)c1OCc1cccc(I)c1. The highest BCUT2D eigenvalue weighted by Crippen LogP contribution is 2.35. The first kappa shape index (κ1) is 25.2. The van der Waals surface area contributed by atoms with Gasteiger partial charge in [-0.1, -0.05) is 12.1 Å². The molecule has 9 heteroatoms. The number of carbonyl (C=O) groups excluding carboxylic acids is 2. The number of amides is 1. The summed E-state index contributed by atoms with van der Waals surface area (Å²) in [7, 11) is 1.57. The molecule has 1 amide bonds. The number of rotatable bonds is 7. The number of anilines is 1. The summed E-state index contributed by atoms with van der Waals surface area (Å²) < 4.78 is 18.9. The minimum atomic E-state index is -0.543. The molecule has 0 atom stereocenters. The lowest BCUT2D eigenvalue weighted by Crippen LogP contribution is -2.07. The Bertz CT molecular complexity index is 1350. The molecule has 0 radical (unpaired) electrons. The number of esters is 1. The second kappa shape index (κ2) is 11.2. The van der Waals surface area contributed by atoms with Crippen molar-refractivity contribution < 1.29 is 23.8 Å². The van der Waals surface area contributed by atoms with Crippen LogP contribution in [0.4, 0.5) is 5.69 Å². The van der Waals surface area contributed by atoms with E-state index in [1.54, 1.807) is 43.5 Å². The van der Waals surface area contributed by atoms with Crippen LogP contribution in [-0.4, -0.2) is 24.9 Å². The molecule has 35 heavy (non-hydrogen) atoms. The fourth-order valence-corrected chi connectivity index (χ4v) is 4.72. The van der Waals surface area contributed by atoms with E-state index in [1.807, 2.05) is 24.3 Å². The Hall–Kier alpha value is -2.93. The van der Waals surface area contributed by atoms with Crippen molar-refractivity contribution in [3.05, 3.63) is 90.2 Å². The molecule has 1 heterocycles. The van der Waals surface area contributed by atoms with Crippen LogP contribution in [0.5, 0.6) is 11.5 Å². The Labute approximate surface area is 229 Å². The van der Waals surface area contributed by atoms with Crippen molar-refractivity contribution in [2.24, 2.45) is 4.99 Å². The lowest BCUT2D eigenvalue weighted by molar-refractivity contribution is -0.129. The summed E-state index contributed by atoms with van der Waals surface area (Å²) in [5.41, 5.74) is 3.24. The monoisotopic (exact) mass is 694 g/mol. The minimum absolute atomic E-state index is 0.163. The summed E-state index contributed by atoms with van der Waals surface area (Å²) in [5, 5.41) is 2.69. The van der Waals surface area contributed by atoms with Crippen LogP contribution >= 0.6 is 45.2 Å². The smallest absolute Gasteiger partial charge is 0.363 e. The third kappa shape index (κ3) is 6.40. The third-order valence-electron chi connectivity index (χ3n) is 4.90. The Morgan fingerprint density at radius 1 is 1.11 bits per heavy atom. The van der Waals surface area contributed by atoms with Crippen LogP contribution < -0.4 is 14.8 Å². The molecule has 3 aromatic rings. The first-order chi connectivity index (χ1) is 16.8. The topological polar surface area (TPSA) is 86.2 Å². The van der Waals surface area contributed by atoms with Crippen LogP contribution in [0.3, 0.4) is 0 Å². The highest BCUT2D eigenvalue weighted by atomic mass is 127. The summed E-state index contributed by atoms with van der Waals surface area (Å²) in [6, 6.07) is 18.7. The van der Waals surface area contributed by atoms with Gasteiger partial charge in [0.05, 0.1) is 10.7 Å². The van der Waals surface area contributed by atoms with Crippen molar-refractivity contribution >= 4 is 74.7 Å². The van der Waals surface area contributed by atoms with Gasteiger partial charge >= 0.3 is 5.97 Å². The zero-order valence-corrected chi connectivity index (χ0v) is 23.1. The maximum Gasteiger partial charge on any atom is 0.363 e. The van der Waals surface area contributed by atoms with Gasteiger partial charge in [0.25, 0.3) is 0 Å². The lowest BCUT2D eigenvalue weighted by Gasteiger charge is -2.14. The number of hydrogen-bond acceptors (Lipinski definition) is 6. The van der Waals surface area contributed by atoms with Gasteiger partial charge in [-0.15, -0.1) is 0 Å². The normalized spacial score (nSPS) is 13.9. The Morgan fingerprint density at radius 3 is 2.57 bits per heavy atom. The molecule has 1 aliphatic rings. The summed E-state index contributed by atoms with van der Waals surface area (Å²) in [6.45, 7) is 1.84. The third-order valence-corrected chi connectivity index (χ3v) is 6.37. The van der Waals surface area contributed by atoms with Gasteiger partial charge in [-0.05, 0) is 111 Å². The molecule has 0 fully saturated rings. The quantitative estimate of drug-likeness (QED) is 0.193. The second-order valence-electron chi connectivity index (χ2n) is 7.55. The van der Waals surface area contributed by atoms with E-state index < -0.39 is 5.97 Å². The van der Waals surface area contributed by atoms with E-state index in [1.165, 1.54) is 6.92 Å². The van der Waals surface area contributed by atoms with Gasteiger partial charge in [0.1, 0.15) is 6.61 Å². The summed E-state index contributed by atoms with van der Waals surface area (Å²) >= 11 is 4.45. The van der Waals surface area contributed by atoms with Gasteiger partial charge in [0, 0.05) is 21.7 Å². The van der Waals surface area contributed by atoms with Gasteiger partial charge in [-0.25, -0.2) is 9.79 Å². The van der Waals surface area contributed by atoms with Crippen molar-refractivity contribution in [3.8, 4) is 11.5 Å². The van der Waals surface area contributed by atoms with Crippen molar-refractivity contribution in [3.63, 3.8) is 0 Å². The number of nitrogens with zero attached hydrogens (tertiary/aromatic N) is 1. The molecule has 1 aliphatic heterocycles. The molecule has 4 rings (SSSR count). The van der Waals surface area contributed by atoms with E-state index in [0.717, 1.165) is 18.3 Å². The molecule has 0 saturated heterocycles. The van der Waals surface area contributed by atoms with E-state index in [9.17, 15) is 9.59 Å². The standard InChI is InChI=1S/C26H20I2N2O5/c1-15(31)29-20-8-6-18(7-9-20)25-30-22(26(32)35-25)12-17-11-21(28)24(23(13-17)33-2)34-14-16-4-3-5-19(27)10-16/h3-13H,14H2,1-2H3,(H,29,31)/b22-12-. The van der Waals surface area contributed by atoms with E-state index in [2.05, 4.69) is 61.6 Å². The molecule has 1 N–H and O–H groups in total. The van der Waals surface area contributed by atoms with Crippen molar-refractivity contribution in [1.29, 1.82) is 0 Å². The molecule has 0 bridgehead atoms. The van der Waals surface area contributed by atoms with E-state index >= 15 is 0 Å². The van der Waals surface area contributed by atoms with Gasteiger partial charge in [0.15, 0.2) is 17.2 Å². The number of carbonyl (C=O) groups is 2. The lowest BCUT2D eigenvalue weighted by atomic mass is 10.1. The fourth-order valence-electron chi connectivity index (χ4n) is 3.34. The molecule has 0 aliphatic carbocycles. The zero-order valence-electron chi connectivity index (χ0n) is 18.8. The highest BCUT2D eigenvalue weighted by Gasteiger charge is 2.24. The van der Waals surface area contributed by atoms with E-state index in [0.29, 0.717) is 29.4 Å². The van der Waals surface area contributed by atoms with Crippen LogP contribution in [0.1, 0.15) is 23.6 Å². The van der Waals surface area contributed by atoms with Crippen LogP contribution in [0.25, 0.3) is 6.08 Å². The average Bonchev–Trinajstić information content (AvgIpc) is 3.18. The number of halogens is 2. The van der Waals surface area contributed by atoms with Gasteiger partial charge in [-0.2, -0.15) is 0 Å². The Kier molecular flexibility index (Phi) is 8.06. The molecule has 0 spiro atoms. The number of cyclic esters (lactones) is 1. The number of ether oxygens (including phenoxy) is 3. The molecule has 0 aromatic heterocycles.